The zero-order valence-electron chi connectivity index (χ0n) is 23.7. The summed E-state index contributed by atoms with van der Waals surface area (Å²) in [7, 11) is 6.62. The molecular weight excluding hydrogens is 587 g/mol. The summed E-state index contributed by atoms with van der Waals surface area (Å²) in [6.07, 6.45) is 1.68. The Morgan fingerprint density at radius 2 is 1.90 bits per heavy atom. The van der Waals surface area contributed by atoms with Crippen LogP contribution in [0.2, 0.25) is 0 Å². The number of aryl methyl sites for hydroxylation is 1. The Kier molecular flexibility index (Phi) is 7.86. The van der Waals surface area contributed by atoms with Crippen molar-refractivity contribution >= 4 is 64.2 Å². The number of thiazole rings is 1. The molecule has 0 radical (unpaired) electrons. The van der Waals surface area contributed by atoms with Crippen LogP contribution in [0.5, 0.6) is 0 Å². The highest BCUT2D eigenvalue weighted by Crippen LogP contribution is 2.38. The molecule has 2 saturated heterocycles. The van der Waals surface area contributed by atoms with Crippen molar-refractivity contribution in [2.75, 3.05) is 56.6 Å². The maximum Gasteiger partial charge on any atom is 0.236 e. The van der Waals surface area contributed by atoms with Gasteiger partial charge in [-0.25, -0.2) is 9.97 Å². The number of anilines is 3. The topological polar surface area (TPSA) is 121 Å². The van der Waals surface area contributed by atoms with Gasteiger partial charge in [0.15, 0.2) is 10.9 Å². The van der Waals surface area contributed by atoms with E-state index < -0.39 is 0 Å². The van der Waals surface area contributed by atoms with Crippen LogP contribution in [0.1, 0.15) is 23.9 Å². The van der Waals surface area contributed by atoms with Crippen LogP contribution in [0.15, 0.2) is 24.3 Å². The summed E-state index contributed by atoms with van der Waals surface area (Å²) in [4.78, 5) is 31.9. The van der Waals surface area contributed by atoms with Crippen LogP contribution >= 0.6 is 31.9 Å². The first-order chi connectivity index (χ1) is 20.3. The molecular formula is C28H31N10OPS2. The Labute approximate surface area is 254 Å². The Morgan fingerprint density at radius 1 is 1.14 bits per heavy atom. The van der Waals surface area contributed by atoms with Crippen LogP contribution in [-0.2, 0) is 11.2 Å². The molecule has 0 spiro atoms. The molecule has 5 heterocycles. The molecule has 0 saturated carbocycles. The molecule has 1 aromatic carbocycles. The molecule has 0 bridgehead atoms. The number of nitrogens with zero attached hydrogens (tertiary/aromatic N) is 10. The minimum atomic E-state index is -0.0271. The number of likely N-dealkylation sites (tertiary alicyclic amines) is 1. The van der Waals surface area contributed by atoms with Gasteiger partial charge in [0.2, 0.25) is 16.0 Å². The third-order valence-electron chi connectivity index (χ3n) is 7.94. The number of likely N-dealkylation sites (N-methyl/N-ethyl adjacent to an activating group) is 1. The highest BCUT2D eigenvalue weighted by molar-refractivity contribution is 7.27. The lowest BCUT2D eigenvalue weighted by molar-refractivity contribution is -0.137. The first-order valence-corrected chi connectivity index (χ1v) is 16.0. The Hall–Kier alpha value is -3.61. The molecule has 216 valence electrons. The number of nitriles is 2. The van der Waals surface area contributed by atoms with Gasteiger partial charge in [-0.15, -0.1) is 14.3 Å². The number of carbonyl (C=O) groups excluding carboxylic acids is 1. The van der Waals surface area contributed by atoms with E-state index in [1.165, 1.54) is 11.3 Å². The zero-order chi connectivity index (χ0) is 29.5. The van der Waals surface area contributed by atoms with E-state index in [0.717, 1.165) is 58.4 Å². The standard InChI is InChI=1S/C28H31N10OPS2/c1-4-21-25(35(3)26-32-24(22(12-30)41-26)18-5-7-20(40)8-6-18)38-27(31-21)42-28(33-38)36-10-9-19(15-36)34(2)16-23(39)37-13-17(11-29)14-37/h5-8,17,19H,4,9-10,13-16,40H2,1-3H3/t19-/m0/s1. The van der Waals surface area contributed by atoms with Crippen molar-refractivity contribution in [2.45, 2.75) is 25.8 Å². The molecule has 3 aromatic heterocycles. The van der Waals surface area contributed by atoms with Crippen molar-refractivity contribution in [3.8, 4) is 23.4 Å². The van der Waals surface area contributed by atoms with Gasteiger partial charge in [-0.3, -0.25) is 9.69 Å². The number of rotatable bonds is 8. The number of benzene rings is 1. The highest BCUT2D eigenvalue weighted by atomic mass is 32.1. The fourth-order valence-corrected chi connectivity index (χ4v) is 7.40. The largest absolute Gasteiger partial charge is 0.345 e. The second-order valence-corrected chi connectivity index (χ2v) is 13.3. The minimum absolute atomic E-state index is 0.0271. The number of aromatic nitrogens is 4. The van der Waals surface area contributed by atoms with Gasteiger partial charge >= 0.3 is 0 Å². The van der Waals surface area contributed by atoms with Crippen LogP contribution in [0.25, 0.3) is 16.2 Å². The maximum atomic E-state index is 12.6. The van der Waals surface area contributed by atoms with Gasteiger partial charge < -0.3 is 14.7 Å². The fraction of sp³-hybridized carbons (Fsp3) is 0.429. The number of hydrogen-bond acceptors (Lipinski definition) is 11. The van der Waals surface area contributed by atoms with Crippen LogP contribution in [0.4, 0.5) is 16.1 Å². The molecule has 14 heteroatoms. The molecule has 11 nitrogen and oxygen atoms in total. The summed E-state index contributed by atoms with van der Waals surface area (Å²) < 4.78 is 1.89. The molecule has 1 unspecified atom stereocenters. The van der Waals surface area contributed by atoms with Crippen molar-refractivity contribution in [3.63, 3.8) is 0 Å². The third-order valence-corrected chi connectivity index (χ3v) is 10.3. The maximum absolute atomic E-state index is 12.6. The number of hydrogen-bond donors (Lipinski definition) is 0. The zero-order valence-corrected chi connectivity index (χ0v) is 26.5. The van der Waals surface area contributed by atoms with E-state index in [2.05, 4.69) is 38.1 Å². The molecule has 0 aliphatic carbocycles. The Bertz CT molecular complexity index is 1710. The third kappa shape index (κ3) is 5.23. The van der Waals surface area contributed by atoms with Gasteiger partial charge in [-0.2, -0.15) is 15.0 Å². The van der Waals surface area contributed by atoms with Crippen LogP contribution in [0.3, 0.4) is 0 Å². The smallest absolute Gasteiger partial charge is 0.236 e. The van der Waals surface area contributed by atoms with E-state index in [-0.39, 0.29) is 17.9 Å². The van der Waals surface area contributed by atoms with Crippen molar-refractivity contribution in [3.05, 3.63) is 34.8 Å². The van der Waals surface area contributed by atoms with Crippen molar-refractivity contribution < 1.29 is 4.79 Å². The average Bonchev–Trinajstić information content (AvgIpc) is 3.74. The van der Waals surface area contributed by atoms with E-state index in [1.807, 2.05) is 47.8 Å². The summed E-state index contributed by atoms with van der Waals surface area (Å²) in [6.45, 7) is 5.15. The molecule has 2 atom stereocenters. The number of amides is 1. The summed E-state index contributed by atoms with van der Waals surface area (Å²) in [6, 6.07) is 12.7. The van der Waals surface area contributed by atoms with Gasteiger partial charge in [-0.1, -0.05) is 53.9 Å². The second kappa shape index (κ2) is 11.6. The van der Waals surface area contributed by atoms with E-state index in [0.29, 0.717) is 35.3 Å². The molecule has 42 heavy (non-hydrogen) atoms. The molecule has 0 N–H and O–H groups in total. The lowest BCUT2D eigenvalue weighted by atomic mass is 10.0. The average molecular weight is 619 g/mol. The first kappa shape index (κ1) is 28.5. The van der Waals surface area contributed by atoms with Crippen molar-refractivity contribution in [1.29, 1.82) is 10.5 Å². The fourth-order valence-electron chi connectivity index (χ4n) is 5.41. The van der Waals surface area contributed by atoms with Gasteiger partial charge in [-0.05, 0) is 25.2 Å². The first-order valence-electron chi connectivity index (χ1n) is 13.8. The second-order valence-electron chi connectivity index (χ2n) is 10.7. The van der Waals surface area contributed by atoms with Crippen LogP contribution < -0.4 is 15.1 Å². The monoisotopic (exact) mass is 618 g/mol. The summed E-state index contributed by atoms with van der Waals surface area (Å²) in [5.41, 5.74) is 2.51. The molecule has 6 rings (SSSR count). The lowest BCUT2D eigenvalue weighted by Crippen LogP contribution is -2.53. The van der Waals surface area contributed by atoms with Gasteiger partial charge in [0.1, 0.15) is 16.6 Å². The molecule has 4 aromatic rings. The quantitative estimate of drug-likeness (QED) is 0.274. The molecule has 2 aliphatic rings. The minimum Gasteiger partial charge on any atom is -0.345 e. The van der Waals surface area contributed by atoms with Gasteiger partial charge in [0.05, 0.1) is 24.2 Å². The molecule has 2 fully saturated rings. The number of imidazole rings is 1. The van der Waals surface area contributed by atoms with Crippen LogP contribution in [0, 0.1) is 28.6 Å². The predicted molar refractivity (Wildman–Crippen MR) is 169 cm³/mol. The lowest BCUT2D eigenvalue weighted by Gasteiger charge is -2.37. The number of carbonyl (C=O) groups is 1. The predicted octanol–water partition coefficient (Wildman–Crippen LogP) is 3.11. The van der Waals surface area contributed by atoms with E-state index in [1.54, 1.807) is 16.2 Å². The van der Waals surface area contributed by atoms with Gasteiger partial charge in [0, 0.05) is 44.8 Å². The van der Waals surface area contributed by atoms with Gasteiger partial charge in [0.25, 0.3) is 0 Å². The molecule has 2 aliphatic heterocycles. The SMILES string of the molecule is CCc1nc2sc(N3CC[C@H](N(C)CC(=O)N4CC(C#N)C4)C3)nn2c1N(C)c1nc(-c2ccc(P)cc2)c(C#N)s1. The highest BCUT2D eigenvalue weighted by Gasteiger charge is 2.34. The summed E-state index contributed by atoms with van der Waals surface area (Å²) in [5, 5.41) is 26.5. The summed E-state index contributed by atoms with van der Waals surface area (Å²) >= 11 is 2.92. The Balaban J connectivity index is 1.20. The Morgan fingerprint density at radius 3 is 2.60 bits per heavy atom. The van der Waals surface area contributed by atoms with E-state index in [9.17, 15) is 10.1 Å². The van der Waals surface area contributed by atoms with Crippen molar-refractivity contribution in [1.82, 2.24) is 29.4 Å². The molecule has 1 amide bonds. The van der Waals surface area contributed by atoms with E-state index >= 15 is 0 Å². The van der Waals surface area contributed by atoms with Crippen molar-refractivity contribution in [2.24, 2.45) is 5.92 Å². The number of fused-ring (bicyclic) bond motifs is 1. The van der Waals surface area contributed by atoms with E-state index in [4.69, 9.17) is 20.3 Å². The van der Waals surface area contributed by atoms with Crippen LogP contribution in [-0.4, -0.2) is 88.2 Å². The normalized spacial score (nSPS) is 17.1. The summed E-state index contributed by atoms with van der Waals surface area (Å²) in [5.74, 6) is 0.908.